The van der Waals surface area contributed by atoms with Gasteiger partial charge in [0, 0.05) is 40.6 Å². The number of aromatic nitrogens is 1. The Balaban J connectivity index is 1.43. The summed E-state index contributed by atoms with van der Waals surface area (Å²) in [5, 5.41) is 5.07. The molecule has 0 aliphatic rings. The first-order valence-corrected chi connectivity index (χ1v) is 13.3. The van der Waals surface area contributed by atoms with E-state index in [-0.39, 0.29) is 18.0 Å². The quantitative estimate of drug-likeness (QED) is 0.301. The van der Waals surface area contributed by atoms with Crippen LogP contribution in [0.3, 0.4) is 0 Å². The van der Waals surface area contributed by atoms with Gasteiger partial charge < -0.3 is 9.88 Å². The molecular weight excluding hydrogens is 470 g/mol. The van der Waals surface area contributed by atoms with Crippen molar-refractivity contribution in [1.29, 1.82) is 0 Å². The van der Waals surface area contributed by atoms with E-state index >= 15 is 0 Å². The van der Waals surface area contributed by atoms with Crippen LogP contribution in [0.4, 0.5) is 5.69 Å². The van der Waals surface area contributed by atoms with Gasteiger partial charge in [-0.3, -0.25) is 4.79 Å². The van der Waals surface area contributed by atoms with E-state index in [0.717, 1.165) is 33.9 Å². The maximum absolute atomic E-state index is 13.4. The van der Waals surface area contributed by atoms with Gasteiger partial charge in [0.2, 0.25) is 15.9 Å². The number of hydrogen-bond donors (Lipinski definition) is 1. The summed E-state index contributed by atoms with van der Waals surface area (Å²) >= 11 is 0. The van der Waals surface area contributed by atoms with E-state index in [1.54, 1.807) is 30.3 Å². The SMILES string of the molecule is CCn1c2ccccc2c2cc(NC(=O)CN(Cc3ccccc3)S(=O)(=O)c3ccccc3)ccc21. The molecular formula is C29H27N3O3S. The number of fused-ring (bicyclic) bond motifs is 3. The lowest BCUT2D eigenvalue weighted by Gasteiger charge is -2.22. The lowest BCUT2D eigenvalue weighted by molar-refractivity contribution is -0.116. The molecule has 4 aromatic carbocycles. The average molecular weight is 498 g/mol. The van der Waals surface area contributed by atoms with E-state index in [1.807, 2.05) is 60.7 Å². The molecule has 0 fully saturated rings. The maximum atomic E-state index is 13.4. The molecule has 6 nitrogen and oxygen atoms in total. The lowest BCUT2D eigenvalue weighted by Crippen LogP contribution is -2.37. The first kappa shape index (κ1) is 23.8. The van der Waals surface area contributed by atoms with Crippen LogP contribution in [-0.2, 0) is 27.9 Å². The highest BCUT2D eigenvalue weighted by atomic mass is 32.2. The van der Waals surface area contributed by atoms with Crippen molar-refractivity contribution in [2.75, 3.05) is 11.9 Å². The Morgan fingerprint density at radius 1 is 0.806 bits per heavy atom. The fourth-order valence-electron chi connectivity index (χ4n) is 4.59. The summed E-state index contributed by atoms with van der Waals surface area (Å²) in [7, 11) is -3.88. The number of amides is 1. The molecule has 5 aromatic rings. The summed E-state index contributed by atoms with van der Waals surface area (Å²) < 4.78 is 30.3. The number of nitrogens with zero attached hydrogens (tertiary/aromatic N) is 2. The number of carbonyl (C=O) groups is 1. The smallest absolute Gasteiger partial charge is 0.243 e. The number of para-hydroxylation sites is 1. The second-order valence-electron chi connectivity index (χ2n) is 8.61. The molecule has 0 aliphatic carbocycles. The third-order valence-electron chi connectivity index (χ3n) is 6.28. The van der Waals surface area contributed by atoms with Gasteiger partial charge in [0.1, 0.15) is 0 Å². The summed E-state index contributed by atoms with van der Waals surface area (Å²) in [6.45, 7) is 2.73. The molecule has 7 heteroatoms. The molecule has 0 bridgehead atoms. The Morgan fingerprint density at radius 3 is 2.17 bits per heavy atom. The van der Waals surface area contributed by atoms with Crippen molar-refractivity contribution in [1.82, 2.24) is 8.87 Å². The molecule has 0 saturated heterocycles. The molecule has 36 heavy (non-hydrogen) atoms. The summed E-state index contributed by atoms with van der Waals surface area (Å²) in [4.78, 5) is 13.3. The van der Waals surface area contributed by atoms with Crippen LogP contribution in [0.1, 0.15) is 12.5 Å². The Hall–Kier alpha value is -3.94. The fourth-order valence-corrected chi connectivity index (χ4v) is 5.99. The Kier molecular flexibility index (Phi) is 6.59. The Bertz CT molecular complexity index is 1630. The molecule has 0 saturated carbocycles. The van der Waals surface area contributed by atoms with Crippen molar-refractivity contribution in [3.8, 4) is 0 Å². The van der Waals surface area contributed by atoms with Crippen molar-refractivity contribution in [2.45, 2.75) is 24.9 Å². The number of carbonyl (C=O) groups excluding carboxylic acids is 1. The second kappa shape index (κ2) is 9.97. The average Bonchev–Trinajstić information content (AvgIpc) is 3.22. The van der Waals surface area contributed by atoms with Gasteiger partial charge in [-0.2, -0.15) is 4.31 Å². The summed E-state index contributed by atoms with van der Waals surface area (Å²) in [5.74, 6) is -0.399. The fraction of sp³-hybridized carbons (Fsp3) is 0.138. The third-order valence-corrected chi connectivity index (χ3v) is 8.08. The summed E-state index contributed by atoms with van der Waals surface area (Å²) in [5.41, 5.74) is 3.66. The zero-order valence-electron chi connectivity index (χ0n) is 20.0. The van der Waals surface area contributed by atoms with E-state index in [9.17, 15) is 13.2 Å². The number of rotatable bonds is 8. The molecule has 0 atom stereocenters. The molecule has 1 amide bonds. The summed E-state index contributed by atoms with van der Waals surface area (Å²) in [6.07, 6.45) is 0. The van der Waals surface area contributed by atoms with Crippen LogP contribution in [-0.4, -0.2) is 29.7 Å². The van der Waals surface area contributed by atoms with E-state index in [2.05, 4.69) is 28.9 Å². The highest BCUT2D eigenvalue weighted by molar-refractivity contribution is 7.89. The Labute approximate surface area is 210 Å². The Morgan fingerprint density at radius 2 is 1.44 bits per heavy atom. The maximum Gasteiger partial charge on any atom is 0.243 e. The molecule has 0 spiro atoms. The van der Waals surface area contributed by atoms with Crippen LogP contribution < -0.4 is 5.32 Å². The first-order valence-electron chi connectivity index (χ1n) is 11.9. The number of benzene rings is 4. The minimum Gasteiger partial charge on any atom is -0.341 e. The van der Waals surface area contributed by atoms with Crippen molar-refractivity contribution < 1.29 is 13.2 Å². The van der Waals surface area contributed by atoms with Gasteiger partial charge in [0.05, 0.1) is 11.4 Å². The van der Waals surface area contributed by atoms with E-state index in [1.165, 1.54) is 4.31 Å². The molecule has 0 radical (unpaired) electrons. The normalized spacial score (nSPS) is 11.8. The number of aryl methyl sites for hydroxylation is 1. The standard InChI is InChI=1S/C29H27N3O3S/c1-2-32-27-16-10-9-15-25(27)26-19-23(17-18-28(26)32)30-29(33)21-31(20-22-11-5-3-6-12-22)36(34,35)24-13-7-4-8-14-24/h3-19H,2,20-21H2,1H3,(H,30,33). The van der Waals surface area contributed by atoms with Crippen LogP contribution in [0.5, 0.6) is 0 Å². The second-order valence-corrected chi connectivity index (χ2v) is 10.6. The largest absolute Gasteiger partial charge is 0.341 e. The molecule has 0 unspecified atom stereocenters. The van der Waals surface area contributed by atoms with Crippen LogP contribution in [0.25, 0.3) is 21.8 Å². The number of sulfonamides is 1. The van der Waals surface area contributed by atoms with E-state index < -0.39 is 15.9 Å². The van der Waals surface area contributed by atoms with Crippen LogP contribution in [0, 0.1) is 0 Å². The first-order chi connectivity index (χ1) is 17.5. The molecule has 182 valence electrons. The molecule has 1 heterocycles. The van der Waals surface area contributed by atoms with Crippen molar-refractivity contribution in [3.63, 3.8) is 0 Å². The van der Waals surface area contributed by atoms with E-state index in [0.29, 0.717) is 5.69 Å². The highest BCUT2D eigenvalue weighted by Gasteiger charge is 2.27. The molecule has 5 rings (SSSR count). The van der Waals surface area contributed by atoms with E-state index in [4.69, 9.17) is 0 Å². The summed E-state index contributed by atoms with van der Waals surface area (Å²) in [6, 6.07) is 31.5. The van der Waals surface area contributed by atoms with Crippen molar-refractivity contribution in [3.05, 3.63) is 109 Å². The van der Waals surface area contributed by atoms with Crippen molar-refractivity contribution >= 4 is 43.4 Å². The monoisotopic (exact) mass is 497 g/mol. The predicted molar refractivity (Wildman–Crippen MR) is 144 cm³/mol. The van der Waals surface area contributed by atoms with Gasteiger partial charge in [0.25, 0.3) is 0 Å². The molecule has 1 aromatic heterocycles. The van der Waals surface area contributed by atoms with Gasteiger partial charge in [-0.05, 0) is 48.9 Å². The minimum absolute atomic E-state index is 0.0918. The topological polar surface area (TPSA) is 71.4 Å². The number of hydrogen-bond acceptors (Lipinski definition) is 3. The molecule has 0 aliphatic heterocycles. The van der Waals surface area contributed by atoms with Crippen molar-refractivity contribution in [2.24, 2.45) is 0 Å². The lowest BCUT2D eigenvalue weighted by atomic mass is 10.1. The molecule has 1 N–H and O–H groups in total. The van der Waals surface area contributed by atoms with Crippen LogP contribution >= 0.6 is 0 Å². The predicted octanol–water partition coefficient (Wildman–Crippen LogP) is 5.64. The van der Waals surface area contributed by atoms with Gasteiger partial charge in [-0.15, -0.1) is 0 Å². The van der Waals surface area contributed by atoms with Crippen LogP contribution in [0.15, 0.2) is 108 Å². The zero-order valence-corrected chi connectivity index (χ0v) is 20.8. The van der Waals surface area contributed by atoms with Gasteiger partial charge >= 0.3 is 0 Å². The third kappa shape index (κ3) is 4.63. The van der Waals surface area contributed by atoms with Crippen LogP contribution in [0.2, 0.25) is 0 Å². The van der Waals surface area contributed by atoms with Gasteiger partial charge in [0.15, 0.2) is 0 Å². The van der Waals surface area contributed by atoms with Gasteiger partial charge in [-0.1, -0.05) is 66.7 Å². The van der Waals surface area contributed by atoms with Gasteiger partial charge in [-0.25, -0.2) is 8.42 Å². The number of nitrogens with one attached hydrogen (secondary N) is 1. The highest BCUT2D eigenvalue weighted by Crippen LogP contribution is 2.31. The minimum atomic E-state index is -3.88. The number of anilines is 1. The zero-order chi connectivity index (χ0) is 25.1.